The van der Waals surface area contributed by atoms with Crippen molar-refractivity contribution in [2.45, 2.75) is 33.4 Å². The van der Waals surface area contributed by atoms with Crippen molar-refractivity contribution in [2.24, 2.45) is 5.41 Å². The van der Waals surface area contributed by atoms with Gasteiger partial charge in [0.15, 0.2) is 0 Å². The van der Waals surface area contributed by atoms with Crippen LogP contribution in [0, 0.1) is 5.41 Å². The molecule has 0 aliphatic heterocycles. The summed E-state index contributed by atoms with van der Waals surface area (Å²) in [4.78, 5) is 3.87. The summed E-state index contributed by atoms with van der Waals surface area (Å²) < 4.78 is 40.9. The van der Waals surface area contributed by atoms with Gasteiger partial charge in [-0.1, -0.05) is 39.0 Å². The van der Waals surface area contributed by atoms with Gasteiger partial charge in [-0.3, -0.25) is 0 Å². The van der Waals surface area contributed by atoms with E-state index in [0.29, 0.717) is 12.1 Å². The van der Waals surface area contributed by atoms with Crippen LogP contribution in [0.15, 0.2) is 36.9 Å². The summed E-state index contributed by atoms with van der Waals surface area (Å²) in [5.74, 6) is 0. The quantitative estimate of drug-likeness (QED) is 0.820. The highest BCUT2D eigenvalue weighted by Gasteiger charge is 2.32. The van der Waals surface area contributed by atoms with Crippen LogP contribution in [0.2, 0.25) is 0 Å². The van der Waals surface area contributed by atoms with Crippen molar-refractivity contribution in [3.63, 3.8) is 0 Å². The molecule has 1 aromatic heterocycles. The molecule has 3 nitrogen and oxygen atoms in total. The maximum Gasteiger partial charge on any atom is 0.416 e. The van der Waals surface area contributed by atoms with Crippen LogP contribution >= 0.6 is 0 Å². The predicted molar refractivity (Wildman–Crippen MR) is 79.7 cm³/mol. The first kappa shape index (κ1) is 16.3. The third-order valence-electron chi connectivity index (χ3n) is 3.01. The Hall–Kier alpha value is -2.11. The average Bonchev–Trinajstić information content (AvgIpc) is 2.89. The lowest BCUT2D eigenvalue weighted by atomic mass is 9.89. The van der Waals surface area contributed by atoms with Gasteiger partial charge in [0.25, 0.3) is 0 Å². The summed E-state index contributed by atoms with van der Waals surface area (Å²) in [6.07, 6.45) is 0.577. The van der Waals surface area contributed by atoms with Gasteiger partial charge in [-0.05, 0) is 29.5 Å². The first-order valence-electron chi connectivity index (χ1n) is 6.89. The lowest BCUT2D eigenvalue weighted by molar-refractivity contribution is -0.137. The van der Waals surface area contributed by atoms with Crippen molar-refractivity contribution in [3.8, 4) is 0 Å². The number of aromatic nitrogens is 3. The van der Waals surface area contributed by atoms with Gasteiger partial charge in [0.2, 0.25) is 0 Å². The molecule has 0 atom stereocenters. The molecule has 6 heteroatoms. The normalized spacial score (nSPS) is 13.5. The van der Waals surface area contributed by atoms with E-state index in [1.165, 1.54) is 35.5 Å². The van der Waals surface area contributed by atoms with E-state index < -0.39 is 11.7 Å². The fourth-order valence-electron chi connectivity index (χ4n) is 2.16. The van der Waals surface area contributed by atoms with Gasteiger partial charge in [0, 0.05) is 5.70 Å². The lowest BCUT2D eigenvalue weighted by Crippen LogP contribution is -2.11. The van der Waals surface area contributed by atoms with E-state index >= 15 is 0 Å². The van der Waals surface area contributed by atoms with Crippen molar-refractivity contribution in [1.29, 1.82) is 0 Å². The van der Waals surface area contributed by atoms with Gasteiger partial charge < -0.3 is 0 Å². The average molecular weight is 309 g/mol. The third-order valence-corrected chi connectivity index (χ3v) is 3.01. The van der Waals surface area contributed by atoms with Gasteiger partial charge >= 0.3 is 6.18 Å². The fraction of sp³-hybridized carbons (Fsp3) is 0.375. The second kappa shape index (κ2) is 5.94. The number of allylic oxidation sites excluding steroid dienone is 1. The molecule has 0 amide bonds. The van der Waals surface area contributed by atoms with Gasteiger partial charge in [-0.2, -0.15) is 18.3 Å². The molecule has 1 heterocycles. The maximum absolute atomic E-state index is 13.1. The number of nitrogens with zero attached hydrogens (tertiary/aromatic N) is 3. The first-order chi connectivity index (χ1) is 10.2. The predicted octanol–water partition coefficient (Wildman–Crippen LogP) is 4.73. The van der Waals surface area contributed by atoms with Crippen LogP contribution in [0.1, 0.15) is 38.3 Å². The second-order valence-electron chi connectivity index (χ2n) is 6.30. The number of halogens is 3. The molecule has 0 aliphatic carbocycles. The number of benzene rings is 1. The molecule has 118 valence electrons. The SMILES string of the molecule is CC(C)(C)CC(=Cc1ccccc1C(F)(F)F)n1cncn1. The van der Waals surface area contributed by atoms with E-state index in [1.807, 2.05) is 20.8 Å². The van der Waals surface area contributed by atoms with Crippen LogP contribution in [0.4, 0.5) is 13.2 Å². The van der Waals surface area contributed by atoms with Crippen LogP contribution in [-0.4, -0.2) is 14.8 Å². The van der Waals surface area contributed by atoms with E-state index in [1.54, 1.807) is 6.07 Å². The molecule has 0 N–H and O–H groups in total. The molecule has 0 saturated carbocycles. The van der Waals surface area contributed by atoms with Crippen molar-refractivity contribution in [1.82, 2.24) is 14.8 Å². The summed E-state index contributed by atoms with van der Waals surface area (Å²) in [5.41, 5.74) is 0.0540. The van der Waals surface area contributed by atoms with Crippen molar-refractivity contribution in [2.75, 3.05) is 0 Å². The van der Waals surface area contributed by atoms with Gasteiger partial charge in [0.1, 0.15) is 12.7 Å². The highest BCUT2D eigenvalue weighted by Crippen LogP contribution is 2.34. The Morgan fingerprint density at radius 1 is 1.18 bits per heavy atom. The van der Waals surface area contributed by atoms with E-state index in [4.69, 9.17) is 0 Å². The van der Waals surface area contributed by atoms with Crippen LogP contribution in [0.25, 0.3) is 11.8 Å². The topological polar surface area (TPSA) is 30.7 Å². The van der Waals surface area contributed by atoms with Crippen LogP contribution in [0.5, 0.6) is 0 Å². The molecule has 0 spiro atoms. The molecule has 0 unspecified atom stereocenters. The highest BCUT2D eigenvalue weighted by atomic mass is 19.4. The minimum Gasteiger partial charge on any atom is -0.225 e. The molecule has 2 aromatic rings. The van der Waals surface area contributed by atoms with E-state index in [0.717, 1.165) is 6.07 Å². The zero-order valence-corrected chi connectivity index (χ0v) is 12.7. The zero-order chi connectivity index (χ0) is 16.4. The molecule has 0 saturated heterocycles. The van der Waals surface area contributed by atoms with E-state index in [9.17, 15) is 13.2 Å². The highest BCUT2D eigenvalue weighted by molar-refractivity contribution is 5.72. The Bertz CT molecular complexity index is 650. The number of rotatable bonds is 3. The van der Waals surface area contributed by atoms with Crippen molar-refractivity contribution >= 4 is 11.8 Å². The minimum atomic E-state index is -4.39. The summed E-state index contributed by atoms with van der Waals surface area (Å²) in [6.45, 7) is 6.06. The molecule has 22 heavy (non-hydrogen) atoms. The largest absolute Gasteiger partial charge is 0.416 e. The van der Waals surface area contributed by atoms with Crippen LogP contribution < -0.4 is 0 Å². The Labute approximate surface area is 127 Å². The summed E-state index contributed by atoms with van der Waals surface area (Å²) >= 11 is 0. The summed E-state index contributed by atoms with van der Waals surface area (Å²) in [5, 5.41) is 4.04. The molecular weight excluding hydrogens is 291 g/mol. The van der Waals surface area contributed by atoms with Gasteiger partial charge in [0.05, 0.1) is 5.56 Å². The molecule has 0 aliphatic rings. The zero-order valence-electron chi connectivity index (χ0n) is 12.7. The van der Waals surface area contributed by atoms with Gasteiger partial charge in [-0.15, -0.1) is 0 Å². The summed E-state index contributed by atoms with van der Waals surface area (Å²) in [6, 6.07) is 5.53. The van der Waals surface area contributed by atoms with Crippen LogP contribution in [0.3, 0.4) is 0 Å². The summed E-state index contributed by atoms with van der Waals surface area (Å²) in [7, 11) is 0. The molecule has 1 aromatic carbocycles. The lowest BCUT2D eigenvalue weighted by Gasteiger charge is -2.21. The number of hydrogen-bond donors (Lipinski definition) is 0. The van der Waals surface area contributed by atoms with Crippen LogP contribution in [-0.2, 0) is 6.18 Å². The molecular formula is C16H18F3N3. The monoisotopic (exact) mass is 309 g/mol. The van der Waals surface area contributed by atoms with Crippen molar-refractivity contribution < 1.29 is 13.2 Å². The Balaban J connectivity index is 2.51. The fourth-order valence-corrected chi connectivity index (χ4v) is 2.16. The first-order valence-corrected chi connectivity index (χ1v) is 6.89. The molecule has 2 rings (SSSR count). The van der Waals surface area contributed by atoms with E-state index in [2.05, 4.69) is 10.1 Å². The second-order valence-corrected chi connectivity index (χ2v) is 6.30. The minimum absolute atomic E-state index is 0.0923. The molecule has 0 radical (unpaired) electrons. The maximum atomic E-state index is 13.1. The van der Waals surface area contributed by atoms with Gasteiger partial charge in [-0.25, -0.2) is 9.67 Å². The number of alkyl halides is 3. The standard InChI is InChI=1S/C16H18F3N3/c1-15(2,3)9-13(22-11-20-10-21-22)8-12-6-4-5-7-14(12)16(17,18)19/h4-8,10-11H,9H2,1-3H3. The third kappa shape index (κ3) is 4.19. The molecule has 0 bridgehead atoms. The molecule has 0 fully saturated rings. The van der Waals surface area contributed by atoms with Crippen molar-refractivity contribution in [3.05, 3.63) is 48.0 Å². The number of hydrogen-bond acceptors (Lipinski definition) is 2. The van der Waals surface area contributed by atoms with E-state index in [-0.39, 0.29) is 11.0 Å². The Morgan fingerprint density at radius 3 is 2.41 bits per heavy atom. The Morgan fingerprint density at radius 2 is 1.86 bits per heavy atom. The Kier molecular flexibility index (Phi) is 4.39. The smallest absolute Gasteiger partial charge is 0.225 e.